The second kappa shape index (κ2) is 7.29. The van der Waals surface area contributed by atoms with Gasteiger partial charge in [-0.2, -0.15) is 18.2 Å². The van der Waals surface area contributed by atoms with E-state index in [0.29, 0.717) is 11.3 Å². The smallest absolute Gasteiger partial charge is 0.416 e. The summed E-state index contributed by atoms with van der Waals surface area (Å²) >= 11 is 0. The van der Waals surface area contributed by atoms with Crippen molar-refractivity contribution < 1.29 is 17.9 Å². The van der Waals surface area contributed by atoms with Gasteiger partial charge in [0.15, 0.2) is 11.5 Å². The first kappa shape index (κ1) is 19.6. The normalized spacial score (nSPS) is 11.9. The number of nitrogens with one attached hydrogen (secondary N) is 1. The molecule has 0 atom stereocenters. The number of aromatic nitrogens is 4. The van der Waals surface area contributed by atoms with Gasteiger partial charge in [0.1, 0.15) is 12.4 Å². The summed E-state index contributed by atoms with van der Waals surface area (Å²) in [5.74, 6) is 0.594. The van der Waals surface area contributed by atoms with Crippen LogP contribution in [0.5, 0.6) is 5.75 Å². The Morgan fingerprint density at radius 2 is 1.90 bits per heavy atom. The first-order valence-corrected chi connectivity index (χ1v) is 8.94. The van der Waals surface area contributed by atoms with Crippen molar-refractivity contribution >= 4 is 11.0 Å². The average molecular weight is 416 g/mol. The van der Waals surface area contributed by atoms with E-state index in [1.54, 1.807) is 6.07 Å². The SMILES string of the molecule is Cc1cccc(OCCn2c3nc(=O)[nH]c(=O)c-3nc3cc(C(F)(F)F)ccc32)c1. The summed E-state index contributed by atoms with van der Waals surface area (Å²) < 4.78 is 46.5. The van der Waals surface area contributed by atoms with Gasteiger partial charge in [-0.05, 0) is 42.8 Å². The lowest BCUT2D eigenvalue weighted by molar-refractivity contribution is -0.137. The Hall–Kier alpha value is -3.69. The molecule has 7 nitrogen and oxygen atoms in total. The van der Waals surface area contributed by atoms with Crippen LogP contribution in [0.3, 0.4) is 0 Å². The van der Waals surface area contributed by atoms with E-state index in [2.05, 4.69) is 9.97 Å². The predicted molar refractivity (Wildman–Crippen MR) is 103 cm³/mol. The first-order valence-electron chi connectivity index (χ1n) is 8.94. The van der Waals surface area contributed by atoms with E-state index in [0.717, 1.165) is 17.7 Å². The van der Waals surface area contributed by atoms with E-state index < -0.39 is 23.0 Å². The quantitative estimate of drug-likeness (QED) is 0.517. The summed E-state index contributed by atoms with van der Waals surface area (Å²) in [6.07, 6.45) is -4.56. The maximum atomic E-state index is 13.1. The van der Waals surface area contributed by atoms with Crippen molar-refractivity contribution in [3.05, 3.63) is 74.4 Å². The molecule has 2 aromatic carbocycles. The molecule has 0 aliphatic carbocycles. The zero-order valence-corrected chi connectivity index (χ0v) is 15.7. The molecule has 0 aromatic heterocycles. The topological polar surface area (TPSA) is 89.9 Å². The van der Waals surface area contributed by atoms with Gasteiger partial charge in [-0.25, -0.2) is 9.78 Å². The third kappa shape index (κ3) is 3.76. The number of fused-ring (bicyclic) bond motifs is 2. The molecule has 2 aromatic rings. The van der Waals surface area contributed by atoms with Crippen LogP contribution in [0.15, 0.2) is 52.1 Å². The lowest BCUT2D eigenvalue weighted by Crippen LogP contribution is -2.29. The number of aryl methyl sites for hydroxylation is 1. The van der Waals surface area contributed by atoms with Crippen molar-refractivity contribution in [1.29, 1.82) is 0 Å². The number of H-pyrrole nitrogens is 1. The van der Waals surface area contributed by atoms with Crippen molar-refractivity contribution in [2.75, 3.05) is 6.61 Å². The van der Waals surface area contributed by atoms with Crippen LogP contribution in [0.2, 0.25) is 0 Å². The number of hydrogen-bond acceptors (Lipinski definition) is 5. The average Bonchev–Trinajstić information content (AvgIpc) is 2.67. The zero-order valence-electron chi connectivity index (χ0n) is 15.7. The molecule has 2 aliphatic heterocycles. The van der Waals surface area contributed by atoms with Crippen LogP contribution in [-0.2, 0) is 12.7 Å². The van der Waals surface area contributed by atoms with Crippen LogP contribution in [-0.4, -0.2) is 26.1 Å². The fourth-order valence-electron chi connectivity index (χ4n) is 3.16. The second-order valence-corrected chi connectivity index (χ2v) is 6.67. The van der Waals surface area contributed by atoms with Crippen LogP contribution in [0.1, 0.15) is 11.1 Å². The third-order valence-electron chi connectivity index (χ3n) is 4.51. The molecular formula is C20H15F3N4O3. The molecule has 0 spiro atoms. The van der Waals surface area contributed by atoms with Crippen LogP contribution >= 0.6 is 0 Å². The molecule has 0 fully saturated rings. The lowest BCUT2D eigenvalue weighted by atomic mass is 10.1. The van der Waals surface area contributed by atoms with Crippen LogP contribution < -0.4 is 16.0 Å². The summed E-state index contributed by atoms with van der Waals surface area (Å²) in [7, 11) is 0. The fraction of sp³-hybridized carbons (Fsp3) is 0.200. The van der Waals surface area contributed by atoms with Crippen molar-refractivity contribution in [2.45, 2.75) is 19.6 Å². The molecule has 10 heteroatoms. The minimum Gasteiger partial charge on any atom is -0.492 e. The molecule has 2 aliphatic rings. The summed E-state index contributed by atoms with van der Waals surface area (Å²) in [4.78, 5) is 33.7. The number of benzene rings is 2. The van der Waals surface area contributed by atoms with Gasteiger partial charge in [0.25, 0.3) is 5.56 Å². The summed E-state index contributed by atoms with van der Waals surface area (Å²) in [6, 6.07) is 10.4. The van der Waals surface area contributed by atoms with Gasteiger partial charge < -0.3 is 9.30 Å². The molecule has 154 valence electrons. The Morgan fingerprint density at radius 1 is 1.10 bits per heavy atom. The molecule has 4 rings (SSSR count). The number of ether oxygens (including phenoxy) is 1. The number of aromatic amines is 1. The molecule has 0 saturated heterocycles. The molecule has 30 heavy (non-hydrogen) atoms. The molecule has 0 radical (unpaired) electrons. The van der Waals surface area contributed by atoms with Gasteiger partial charge in [0.05, 0.1) is 23.1 Å². The van der Waals surface area contributed by atoms with Crippen LogP contribution in [0, 0.1) is 6.92 Å². The monoisotopic (exact) mass is 416 g/mol. The Bertz CT molecular complexity index is 1330. The number of hydrogen-bond donors (Lipinski definition) is 1. The molecule has 0 unspecified atom stereocenters. The van der Waals surface area contributed by atoms with Gasteiger partial charge in [-0.3, -0.25) is 9.78 Å². The minimum atomic E-state index is -4.56. The summed E-state index contributed by atoms with van der Waals surface area (Å²) in [5, 5.41) is 0. The highest BCUT2D eigenvalue weighted by Gasteiger charge is 2.31. The van der Waals surface area contributed by atoms with Gasteiger partial charge in [-0.15, -0.1) is 0 Å². The molecule has 1 N–H and O–H groups in total. The fourth-order valence-corrected chi connectivity index (χ4v) is 3.16. The van der Waals surface area contributed by atoms with Crippen molar-refractivity contribution in [1.82, 2.24) is 19.5 Å². The number of alkyl halides is 3. The number of halogens is 3. The van der Waals surface area contributed by atoms with Crippen molar-refractivity contribution in [3.8, 4) is 17.3 Å². The molecule has 0 bridgehead atoms. The molecular weight excluding hydrogens is 401 g/mol. The Morgan fingerprint density at radius 3 is 2.63 bits per heavy atom. The van der Waals surface area contributed by atoms with E-state index in [-0.39, 0.29) is 30.2 Å². The molecule has 2 heterocycles. The van der Waals surface area contributed by atoms with E-state index in [4.69, 9.17) is 4.74 Å². The van der Waals surface area contributed by atoms with Gasteiger partial charge in [0, 0.05) is 0 Å². The summed E-state index contributed by atoms with van der Waals surface area (Å²) in [5.41, 5.74) is -1.55. The van der Waals surface area contributed by atoms with E-state index in [9.17, 15) is 22.8 Å². The number of nitrogens with zero attached hydrogens (tertiary/aromatic N) is 3. The maximum Gasteiger partial charge on any atom is 0.416 e. The largest absolute Gasteiger partial charge is 0.492 e. The highest BCUT2D eigenvalue weighted by Crippen LogP contribution is 2.32. The number of rotatable bonds is 4. The highest BCUT2D eigenvalue weighted by molar-refractivity contribution is 5.80. The van der Waals surface area contributed by atoms with Gasteiger partial charge >= 0.3 is 11.9 Å². The third-order valence-corrected chi connectivity index (χ3v) is 4.51. The standard InChI is InChI=1S/C20H15F3N4O3/c1-11-3-2-4-13(9-11)30-8-7-27-15-6-5-12(20(21,22)23)10-14(15)24-16-17(27)25-19(29)26-18(16)28/h2-6,9-10H,7-8H2,1H3,(H,26,28,29). The van der Waals surface area contributed by atoms with Crippen molar-refractivity contribution in [3.63, 3.8) is 0 Å². The predicted octanol–water partition coefficient (Wildman–Crippen LogP) is 2.99. The molecule has 0 saturated carbocycles. The Labute approximate surface area is 167 Å². The van der Waals surface area contributed by atoms with Crippen LogP contribution in [0.4, 0.5) is 13.2 Å². The van der Waals surface area contributed by atoms with Crippen LogP contribution in [0.25, 0.3) is 22.6 Å². The maximum absolute atomic E-state index is 13.1. The summed E-state index contributed by atoms with van der Waals surface area (Å²) in [6.45, 7) is 2.17. The molecule has 0 amide bonds. The Balaban J connectivity index is 1.82. The highest BCUT2D eigenvalue weighted by atomic mass is 19.4. The lowest BCUT2D eigenvalue weighted by Gasteiger charge is -2.18. The van der Waals surface area contributed by atoms with Gasteiger partial charge in [0.2, 0.25) is 0 Å². The van der Waals surface area contributed by atoms with E-state index in [1.807, 2.05) is 30.1 Å². The second-order valence-electron chi connectivity index (χ2n) is 6.67. The van der Waals surface area contributed by atoms with Gasteiger partial charge in [-0.1, -0.05) is 12.1 Å². The Kier molecular flexibility index (Phi) is 4.76. The zero-order chi connectivity index (χ0) is 21.5. The minimum absolute atomic E-state index is 0.0242. The first-order chi connectivity index (χ1) is 14.2. The van der Waals surface area contributed by atoms with E-state index in [1.165, 1.54) is 10.6 Å². The van der Waals surface area contributed by atoms with E-state index >= 15 is 0 Å². The van der Waals surface area contributed by atoms with Crippen molar-refractivity contribution in [2.24, 2.45) is 0 Å².